The first-order valence-corrected chi connectivity index (χ1v) is 6.09. The second-order valence-corrected chi connectivity index (χ2v) is 4.48. The molecule has 1 fully saturated rings. The Morgan fingerprint density at radius 2 is 2.31 bits per heavy atom. The first-order chi connectivity index (χ1) is 7.88. The van der Waals surface area contributed by atoms with Crippen LogP contribution in [0.5, 0.6) is 0 Å². The average molecular weight is 224 g/mol. The van der Waals surface area contributed by atoms with E-state index in [1.165, 1.54) is 12.8 Å². The molecular formula is C11H20N4O. The van der Waals surface area contributed by atoms with Crippen molar-refractivity contribution in [3.05, 3.63) is 11.9 Å². The minimum atomic E-state index is 0.254. The van der Waals surface area contributed by atoms with Gasteiger partial charge in [-0.25, -0.2) is 0 Å². The first kappa shape index (κ1) is 11.5. The fourth-order valence-electron chi connectivity index (χ4n) is 1.64. The molecule has 5 nitrogen and oxygen atoms in total. The Labute approximate surface area is 95.8 Å². The lowest BCUT2D eigenvalue weighted by Gasteiger charge is -1.99. The van der Waals surface area contributed by atoms with Gasteiger partial charge in [0.15, 0.2) is 0 Å². The number of aliphatic hydroxyl groups is 1. The van der Waals surface area contributed by atoms with Crippen molar-refractivity contribution in [1.29, 1.82) is 0 Å². The van der Waals surface area contributed by atoms with Crippen molar-refractivity contribution in [2.45, 2.75) is 38.8 Å². The number of nitrogens with zero attached hydrogens (tertiary/aromatic N) is 3. The van der Waals surface area contributed by atoms with Crippen LogP contribution >= 0.6 is 0 Å². The SMILES string of the molecule is OCCCCn1cc(CNCC2CC2)nn1. The Hall–Kier alpha value is -0.940. The van der Waals surface area contributed by atoms with Crippen LogP contribution < -0.4 is 5.32 Å². The highest BCUT2D eigenvalue weighted by Crippen LogP contribution is 2.27. The summed E-state index contributed by atoms with van der Waals surface area (Å²) in [6.45, 7) is 3.02. The maximum absolute atomic E-state index is 8.67. The van der Waals surface area contributed by atoms with E-state index in [1.807, 2.05) is 10.9 Å². The number of hydrogen-bond donors (Lipinski definition) is 2. The van der Waals surface area contributed by atoms with Gasteiger partial charge in [-0.15, -0.1) is 5.10 Å². The summed E-state index contributed by atoms with van der Waals surface area (Å²) in [5, 5.41) is 20.2. The number of aryl methyl sites for hydroxylation is 1. The molecule has 0 aromatic carbocycles. The smallest absolute Gasteiger partial charge is 0.0964 e. The molecule has 1 heterocycles. The second kappa shape index (κ2) is 5.96. The first-order valence-electron chi connectivity index (χ1n) is 6.09. The molecule has 0 amide bonds. The Balaban J connectivity index is 1.64. The molecule has 0 saturated heterocycles. The van der Waals surface area contributed by atoms with Crippen molar-refractivity contribution in [3.63, 3.8) is 0 Å². The van der Waals surface area contributed by atoms with E-state index in [0.29, 0.717) is 0 Å². The number of aliphatic hydroxyl groups excluding tert-OH is 1. The van der Waals surface area contributed by atoms with Gasteiger partial charge in [-0.1, -0.05) is 5.21 Å². The minimum Gasteiger partial charge on any atom is -0.396 e. The summed E-state index contributed by atoms with van der Waals surface area (Å²) in [5.74, 6) is 0.902. The van der Waals surface area contributed by atoms with Crippen molar-refractivity contribution in [2.75, 3.05) is 13.2 Å². The second-order valence-electron chi connectivity index (χ2n) is 4.48. The van der Waals surface area contributed by atoms with Crippen molar-refractivity contribution in [3.8, 4) is 0 Å². The molecule has 5 heteroatoms. The minimum absolute atomic E-state index is 0.254. The summed E-state index contributed by atoms with van der Waals surface area (Å²) in [4.78, 5) is 0. The van der Waals surface area contributed by atoms with Crippen LogP contribution in [0.2, 0.25) is 0 Å². The van der Waals surface area contributed by atoms with Gasteiger partial charge in [-0.2, -0.15) is 0 Å². The van der Waals surface area contributed by atoms with Crippen LogP contribution in [0.3, 0.4) is 0 Å². The van der Waals surface area contributed by atoms with Crippen LogP contribution in [0.15, 0.2) is 6.20 Å². The molecule has 0 radical (unpaired) electrons. The van der Waals surface area contributed by atoms with Gasteiger partial charge in [0.05, 0.1) is 5.69 Å². The molecule has 90 valence electrons. The quantitative estimate of drug-likeness (QED) is 0.633. The van der Waals surface area contributed by atoms with Crippen LogP contribution in [0.1, 0.15) is 31.4 Å². The van der Waals surface area contributed by atoms with Crippen LogP contribution in [0, 0.1) is 5.92 Å². The van der Waals surface area contributed by atoms with Crippen molar-refractivity contribution < 1.29 is 5.11 Å². The highest BCUT2D eigenvalue weighted by molar-refractivity contribution is 4.92. The third kappa shape index (κ3) is 3.90. The third-order valence-electron chi connectivity index (χ3n) is 2.82. The lowest BCUT2D eigenvalue weighted by Crippen LogP contribution is -2.16. The molecule has 0 unspecified atom stereocenters. The number of aromatic nitrogens is 3. The van der Waals surface area contributed by atoms with E-state index >= 15 is 0 Å². The molecule has 1 aromatic rings. The van der Waals surface area contributed by atoms with Crippen LogP contribution in [-0.4, -0.2) is 33.3 Å². The molecule has 0 bridgehead atoms. The normalized spacial score (nSPS) is 15.6. The monoisotopic (exact) mass is 224 g/mol. The average Bonchev–Trinajstić information content (AvgIpc) is 2.99. The highest BCUT2D eigenvalue weighted by Gasteiger charge is 2.20. The molecule has 1 saturated carbocycles. The molecule has 2 rings (SSSR count). The van der Waals surface area contributed by atoms with E-state index in [9.17, 15) is 0 Å². The Bertz CT molecular complexity index is 309. The van der Waals surface area contributed by atoms with E-state index < -0.39 is 0 Å². The number of nitrogens with one attached hydrogen (secondary N) is 1. The maximum atomic E-state index is 8.67. The predicted molar refractivity (Wildman–Crippen MR) is 60.8 cm³/mol. The standard InChI is InChI=1S/C11H20N4O/c16-6-2-1-5-15-9-11(13-14-15)8-12-7-10-3-4-10/h9-10,12,16H,1-8H2. The van der Waals surface area contributed by atoms with Gasteiger partial charge in [-0.3, -0.25) is 4.68 Å². The van der Waals surface area contributed by atoms with Crippen molar-refractivity contribution in [1.82, 2.24) is 20.3 Å². The van der Waals surface area contributed by atoms with Crippen molar-refractivity contribution >= 4 is 0 Å². The number of unbranched alkanes of at least 4 members (excludes halogenated alkanes) is 1. The zero-order chi connectivity index (χ0) is 11.2. The van der Waals surface area contributed by atoms with Gasteiger partial charge >= 0.3 is 0 Å². The summed E-state index contributed by atoms with van der Waals surface area (Å²) >= 11 is 0. The van der Waals surface area contributed by atoms with Gasteiger partial charge in [0, 0.05) is 25.9 Å². The molecule has 1 aliphatic carbocycles. The van der Waals surface area contributed by atoms with Gasteiger partial charge in [0.25, 0.3) is 0 Å². The summed E-state index contributed by atoms with van der Waals surface area (Å²) < 4.78 is 1.85. The molecule has 2 N–H and O–H groups in total. The summed E-state index contributed by atoms with van der Waals surface area (Å²) in [6, 6.07) is 0. The van der Waals surface area contributed by atoms with Crippen LogP contribution in [0.4, 0.5) is 0 Å². The maximum Gasteiger partial charge on any atom is 0.0964 e. The zero-order valence-electron chi connectivity index (χ0n) is 9.60. The molecular weight excluding hydrogens is 204 g/mol. The number of rotatable bonds is 8. The van der Waals surface area contributed by atoms with Gasteiger partial charge in [0.1, 0.15) is 0 Å². The Morgan fingerprint density at radius 3 is 3.06 bits per heavy atom. The highest BCUT2D eigenvalue weighted by atomic mass is 16.2. The molecule has 16 heavy (non-hydrogen) atoms. The number of hydrogen-bond acceptors (Lipinski definition) is 4. The van der Waals surface area contributed by atoms with E-state index in [0.717, 1.165) is 44.1 Å². The van der Waals surface area contributed by atoms with Gasteiger partial charge in [0.2, 0.25) is 0 Å². The topological polar surface area (TPSA) is 63.0 Å². The van der Waals surface area contributed by atoms with E-state index in [2.05, 4.69) is 15.6 Å². The molecule has 1 aromatic heterocycles. The van der Waals surface area contributed by atoms with E-state index in [1.54, 1.807) is 0 Å². The van der Waals surface area contributed by atoms with Gasteiger partial charge < -0.3 is 10.4 Å². The van der Waals surface area contributed by atoms with Crippen molar-refractivity contribution in [2.24, 2.45) is 5.92 Å². The van der Waals surface area contributed by atoms with Gasteiger partial charge in [-0.05, 0) is 38.1 Å². The fourth-order valence-corrected chi connectivity index (χ4v) is 1.64. The summed E-state index contributed by atoms with van der Waals surface area (Å²) in [7, 11) is 0. The molecule has 0 aliphatic heterocycles. The van der Waals surface area contributed by atoms with Crippen LogP contribution in [0.25, 0.3) is 0 Å². The molecule has 1 aliphatic rings. The lowest BCUT2D eigenvalue weighted by atomic mass is 10.3. The summed E-state index contributed by atoms with van der Waals surface area (Å²) in [5.41, 5.74) is 1.00. The van der Waals surface area contributed by atoms with E-state index in [-0.39, 0.29) is 6.61 Å². The van der Waals surface area contributed by atoms with Crippen LogP contribution in [-0.2, 0) is 13.1 Å². The van der Waals surface area contributed by atoms with E-state index in [4.69, 9.17) is 5.11 Å². The fraction of sp³-hybridized carbons (Fsp3) is 0.818. The molecule has 0 spiro atoms. The Morgan fingerprint density at radius 1 is 1.44 bits per heavy atom. The third-order valence-corrected chi connectivity index (χ3v) is 2.82. The molecule has 0 atom stereocenters. The zero-order valence-corrected chi connectivity index (χ0v) is 9.60. The lowest BCUT2D eigenvalue weighted by molar-refractivity contribution is 0.280. The Kier molecular flexibility index (Phi) is 4.30. The largest absolute Gasteiger partial charge is 0.396 e. The summed E-state index contributed by atoms with van der Waals surface area (Å²) in [6.07, 6.45) is 6.52. The predicted octanol–water partition coefficient (Wildman–Crippen LogP) is 0.550.